The molecule has 94 valence electrons. The molecule has 0 saturated carbocycles. The lowest BCUT2D eigenvalue weighted by molar-refractivity contribution is 0.102. The molecule has 0 bridgehead atoms. The highest BCUT2D eigenvalue weighted by Crippen LogP contribution is 2.31. The number of nitrogens with one attached hydrogen (secondary N) is 1. The predicted octanol–water partition coefficient (Wildman–Crippen LogP) is 5.20. The van der Waals surface area contributed by atoms with E-state index in [2.05, 4.69) is 21.2 Å². The Morgan fingerprint density at radius 2 is 2.06 bits per heavy atom. The lowest BCUT2D eigenvalue weighted by Crippen LogP contribution is -2.12. The van der Waals surface area contributed by atoms with Crippen LogP contribution >= 0.6 is 50.5 Å². The molecule has 2 rings (SSSR count). The van der Waals surface area contributed by atoms with Crippen LogP contribution < -0.4 is 5.32 Å². The van der Waals surface area contributed by atoms with Crippen LogP contribution in [0.4, 0.5) is 5.69 Å². The summed E-state index contributed by atoms with van der Waals surface area (Å²) >= 11 is 16.3. The number of para-hydroxylation sites is 1. The third-order valence-corrected chi connectivity index (χ3v) is 4.40. The Bertz CT molecular complexity index is 585. The van der Waals surface area contributed by atoms with Crippen LogP contribution in [0.25, 0.3) is 0 Å². The summed E-state index contributed by atoms with van der Waals surface area (Å²) in [6.07, 6.45) is 0. The first-order chi connectivity index (χ1) is 8.61. The van der Waals surface area contributed by atoms with Crippen molar-refractivity contribution in [2.75, 3.05) is 5.32 Å². The summed E-state index contributed by atoms with van der Waals surface area (Å²) in [6, 6.07) is 9.13. The van der Waals surface area contributed by atoms with Gasteiger partial charge in [-0.25, -0.2) is 0 Å². The molecule has 6 heteroatoms. The Kier molecular flexibility index (Phi) is 4.67. The Labute approximate surface area is 127 Å². The van der Waals surface area contributed by atoms with Crippen molar-refractivity contribution in [1.29, 1.82) is 0 Å². The van der Waals surface area contributed by atoms with E-state index in [9.17, 15) is 4.79 Å². The van der Waals surface area contributed by atoms with Crippen LogP contribution in [0.2, 0.25) is 8.67 Å². The molecule has 0 aliphatic rings. The molecule has 1 aromatic carbocycles. The van der Waals surface area contributed by atoms with Crippen LogP contribution in [-0.2, 0) is 5.33 Å². The van der Waals surface area contributed by atoms with E-state index in [1.807, 2.05) is 24.3 Å². The van der Waals surface area contributed by atoms with E-state index in [-0.39, 0.29) is 5.91 Å². The van der Waals surface area contributed by atoms with Crippen LogP contribution in [0.1, 0.15) is 15.9 Å². The zero-order valence-electron chi connectivity index (χ0n) is 9.04. The molecule has 0 radical (unpaired) electrons. The van der Waals surface area contributed by atoms with Crippen LogP contribution in [0.3, 0.4) is 0 Å². The summed E-state index contributed by atoms with van der Waals surface area (Å²) < 4.78 is 0.896. The molecule has 0 aliphatic heterocycles. The summed E-state index contributed by atoms with van der Waals surface area (Å²) in [4.78, 5) is 12.1. The van der Waals surface area contributed by atoms with Crippen LogP contribution in [0, 0.1) is 0 Å². The highest BCUT2D eigenvalue weighted by Gasteiger charge is 2.15. The third kappa shape index (κ3) is 3.06. The van der Waals surface area contributed by atoms with Gasteiger partial charge in [-0.15, -0.1) is 11.3 Å². The highest BCUT2D eigenvalue weighted by atomic mass is 79.9. The SMILES string of the molecule is O=C(Nc1ccccc1CBr)c1cc(Cl)sc1Cl. The minimum absolute atomic E-state index is 0.253. The number of alkyl halides is 1. The van der Waals surface area contributed by atoms with E-state index >= 15 is 0 Å². The highest BCUT2D eigenvalue weighted by molar-refractivity contribution is 9.08. The number of hydrogen-bond acceptors (Lipinski definition) is 2. The van der Waals surface area contributed by atoms with Gasteiger partial charge >= 0.3 is 0 Å². The number of thiophene rings is 1. The average molecular weight is 365 g/mol. The first kappa shape index (κ1) is 13.9. The van der Waals surface area contributed by atoms with E-state index in [0.29, 0.717) is 19.6 Å². The number of carbonyl (C=O) groups is 1. The van der Waals surface area contributed by atoms with Gasteiger partial charge in [0.2, 0.25) is 0 Å². The largest absolute Gasteiger partial charge is 0.322 e. The number of hydrogen-bond donors (Lipinski definition) is 1. The second-order valence-corrected chi connectivity index (χ2v) is 6.33. The van der Waals surface area contributed by atoms with Crippen molar-refractivity contribution < 1.29 is 4.79 Å². The molecular weight excluding hydrogens is 357 g/mol. The zero-order valence-corrected chi connectivity index (χ0v) is 13.0. The smallest absolute Gasteiger partial charge is 0.258 e. The normalized spacial score (nSPS) is 10.4. The van der Waals surface area contributed by atoms with Crippen molar-refractivity contribution in [3.8, 4) is 0 Å². The predicted molar refractivity (Wildman–Crippen MR) is 81.4 cm³/mol. The number of carbonyl (C=O) groups excluding carboxylic acids is 1. The summed E-state index contributed by atoms with van der Waals surface area (Å²) in [7, 11) is 0. The molecule has 1 heterocycles. The molecule has 1 amide bonds. The van der Waals surface area contributed by atoms with E-state index in [1.165, 1.54) is 11.3 Å². The summed E-state index contributed by atoms with van der Waals surface area (Å²) in [6.45, 7) is 0. The second kappa shape index (κ2) is 6.06. The van der Waals surface area contributed by atoms with E-state index in [1.54, 1.807) is 6.07 Å². The number of amides is 1. The first-order valence-corrected chi connectivity index (χ1v) is 7.71. The number of anilines is 1. The molecule has 2 nitrogen and oxygen atoms in total. The molecule has 2 aromatic rings. The standard InChI is InChI=1S/C12H8BrCl2NOS/c13-6-7-3-1-2-4-9(7)16-12(17)8-5-10(14)18-11(8)15/h1-5H,6H2,(H,16,17). The molecule has 0 aliphatic carbocycles. The van der Waals surface area contributed by atoms with Gasteiger partial charge in [-0.3, -0.25) is 4.79 Å². The van der Waals surface area contributed by atoms with Crippen molar-refractivity contribution in [2.45, 2.75) is 5.33 Å². The van der Waals surface area contributed by atoms with Gasteiger partial charge in [-0.1, -0.05) is 57.3 Å². The maximum atomic E-state index is 12.1. The Morgan fingerprint density at radius 3 is 2.67 bits per heavy atom. The zero-order chi connectivity index (χ0) is 13.1. The monoisotopic (exact) mass is 363 g/mol. The third-order valence-electron chi connectivity index (χ3n) is 2.31. The summed E-state index contributed by atoms with van der Waals surface area (Å²) in [5.74, 6) is -0.253. The fourth-order valence-corrected chi connectivity index (χ4v) is 3.39. The molecule has 0 spiro atoms. The molecule has 1 aromatic heterocycles. The molecular formula is C12H8BrCl2NOS. The van der Waals surface area contributed by atoms with Crippen molar-refractivity contribution in [3.63, 3.8) is 0 Å². The van der Waals surface area contributed by atoms with Crippen molar-refractivity contribution >= 4 is 62.1 Å². The Hall–Kier alpha value is -0.550. The number of halogens is 3. The fourth-order valence-electron chi connectivity index (χ4n) is 1.44. The lowest BCUT2D eigenvalue weighted by Gasteiger charge is -2.08. The van der Waals surface area contributed by atoms with Crippen molar-refractivity contribution in [1.82, 2.24) is 0 Å². The van der Waals surface area contributed by atoms with Crippen molar-refractivity contribution in [3.05, 3.63) is 50.1 Å². The van der Waals surface area contributed by atoms with Gasteiger partial charge < -0.3 is 5.32 Å². The van der Waals surface area contributed by atoms with Crippen LogP contribution in [-0.4, -0.2) is 5.91 Å². The number of rotatable bonds is 3. The molecule has 18 heavy (non-hydrogen) atoms. The first-order valence-electron chi connectivity index (χ1n) is 5.02. The molecule has 0 fully saturated rings. The van der Waals surface area contributed by atoms with E-state index in [0.717, 1.165) is 11.3 Å². The maximum absolute atomic E-state index is 12.1. The quantitative estimate of drug-likeness (QED) is 0.745. The summed E-state index contributed by atoms with van der Waals surface area (Å²) in [5, 5.41) is 3.49. The molecule has 0 atom stereocenters. The number of benzene rings is 1. The minimum atomic E-state index is -0.253. The van der Waals surface area contributed by atoms with Gasteiger partial charge in [0.15, 0.2) is 0 Å². The molecule has 1 N–H and O–H groups in total. The fraction of sp³-hybridized carbons (Fsp3) is 0.0833. The van der Waals surface area contributed by atoms with Gasteiger partial charge in [0.05, 0.1) is 9.90 Å². The van der Waals surface area contributed by atoms with Gasteiger partial charge in [0, 0.05) is 11.0 Å². The maximum Gasteiger partial charge on any atom is 0.258 e. The van der Waals surface area contributed by atoms with Gasteiger partial charge in [-0.2, -0.15) is 0 Å². The summed E-state index contributed by atoms with van der Waals surface area (Å²) in [5.41, 5.74) is 2.16. The Morgan fingerprint density at radius 1 is 1.33 bits per heavy atom. The second-order valence-electron chi connectivity index (χ2n) is 3.48. The van der Waals surface area contributed by atoms with E-state index in [4.69, 9.17) is 23.2 Å². The minimum Gasteiger partial charge on any atom is -0.322 e. The van der Waals surface area contributed by atoms with Crippen LogP contribution in [0.5, 0.6) is 0 Å². The Balaban J connectivity index is 2.24. The van der Waals surface area contributed by atoms with E-state index < -0.39 is 0 Å². The van der Waals surface area contributed by atoms with Gasteiger partial charge in [-0.05, 0) is 17.7 Å². The van der Waals surface area contributed by atoms with Gasteiger partial charge in [0.1, 0.15) is 4.34 Å². The lowest BCUT2D eigenvalue weighted by atomic mass is 10.2. The molecule has 0 unspecified atom stereocenters. The topological polar surface area (TPSA) is 29.1 Å². The van der Waals surface area contributed by atoms with Crippen molar-refractivity contribution in [2.24, 2.45) is 0 Å². The average Bonchev–Trinajstić information content (AvgIpc) is 2.69. The van der Waals surface area contributed by atoms with Crippen LogP contribution in [0.15, 0.2) is 30.3 Å². The molecule has 0 saturated heterocycles. The van der Waals surface area contributed by atoms with Gasteiger partial charge in [0.25, 0.3) is 5.91 Å².